The van der Waals surface area contributed by atoms with Crippen molar-refractivity contribution in [2.75, 3.05) is 13.1 Å². The molecule has 1 aliphatic heterocycles. The summed E-state index contributed by atoms with van der Waals surface area (Å²) in [6.45, 7) is 1.09. The van der Waals surface area contributed by atoms with Crippen LogP contribution in [-0.2, 0) is 16.0 Å². The van der Waals surface area contributed by atoms with E-state index in [1.807, 2.05) is 53.9 Å². The fraction of sp³-hybridized carbons (Fsp3) is 0.250. The van der Waals surface area contributed by atoms with Crippen molar-refractivity contribution in [2.24, 2.45) is 0 Å². The van der Waals surface area contributed by atoms with Crippen LogP contribution in [0.5, 0.6) is 0 Å². The molecule has 1 saturated heterocycles. The fourth-order valence-corrected chi connectivity index (χ4v) is 4.70. The molecule has 0 spiro atoms. The number of thiophene rings is 1. The predicted molar refractivity (Wildman–Crippen MR) is 117 cm³/mol. The van der Waals surface area contributed by atoms with Crippen molar-refractivity contribution < 1.29 is 9.59 Å². The van der Waals surface area contributed by atoms with Crippen LogP contribution in [0.1, 0.15) is 23.3 Å². The second-order valence-corrected chi connectivity index (χ2v) is 8.69. The van der Waals surface area contributed by atoms with Gasteiger partial charge < -0.3 is 5.32 Å². The summed E-state index contributed by atoms with van der Waals surface area (Å²) in [6.07, 6.45) is 3.67. The van der Waals surface area contributed by atoms with E-state index in [-0.39, 0.29) is 11.8 Å². The van der Waals surface area contributed by atoms with Crippen molar-refractivity contribution in [2.45, 2.75) is 19.3 Å². The lowest BCUT2D eigenvalue weighted by Crippen LogP contribution is -2.31. The topological polar surface area (TPSA) is 49.4 Å². The fourth-order valence-electron chi connectivity index (χ4n) is 2.67. The number of amides is 2. The van der Waals surface area contributed by atoms with E-state index in [0.29, 0.717) is 35.2 Å². The summed E-state index contributed by atoms with van der Waals surface area (Å²) in [5.41, 5.74) is 1.20. The number of carbonyl (C=O) groups is 2. The Labute approximate surface area is 172 Å². The molecule has 0 atom stereocenters. The SMILES string of the molecule is O=C(CCCN1C(=O)C(=Cc2cccs2)SC1=S)NCCc1ccccc1. The minimum Gasteiger partial charge on any atom is -0.356 e. The quantitative estimate of drug-likeness (QED) is 0.520. The van der Waals surface area contributed by atoms with Crippen LogP contribution in [0.25, 0.3) is 6.08 Å². The van der Waals surface area contributed by atoms with E-state index in [0.717, 1.165) is 11.3 Å². The molecule has 1 fully saturated rings. The Morgan fingerprint density at radius 2 is 2.00 bits per heavy atom. The molecule has 4 nitrogen and oxygen atoms in total. The van der Waals surface area contributed by atoms with E-state index in [1.54, 1.807) is 16.2 Å². The van der Waals surface area contributed by atoms with Crippen LogP contribution in [-0.4, -0.2) is 34.1 Å². The van der Waals surface area contributed by atoms with Gasteiger partial charge in [-0.15, -0.1) is 11.3 Å². The lowest BCUT2D eigenvalue weighted by atomic mass is 10.1. The Bertz CT molecular complexity index is 832. The van der Waals surface area contributed by atoms with Crippen LogP contribution < -0.4 is 5.32 Å². The molecule has 2 amide bonds. The Balaban J connectivity index is 1.40. The van der Waals surface area contributed by atoms with Crippen LogP contribution in [0.2, 0.25) is 0 Å². The van der Waals surface area contributed by atoms with E-state index < -0.39 is 0 Å². The molecule has 27 heavy (non-hydrogen) atoms. The first-order valence-corrected chi connectivity index (χ1v) is 10.8. The van der Waals surface area contributed by atoms with Gasteiger partial charge >= 0.3 is 0 Å². The number of nitrogens with zero attached hydrogens (tertiary/aromatic N) is 1. The Kier molecular flexibility index (Phi) is 7.20. The molecule has 0 saturated carbocycles. The summed E-state index contributed by atoms with van der Waals surface area (Å²) < 4.78 is 0.562. The van der Waals surface area contributed by atoms with Gasteiger partial charge in [0.25, 0.3) is 5.91 Å². The van der Waals surface area contributed by atoms with Crippen LogP contribution in [0.15, 0.2) is 52.7 Å². The van der Waals surface area contributed by atoms with Gasteiger partial charge in [-0.25, -0.2) is 0 Å². The zero-order chi connectivity index (χ0) is 19.1. The van der Waals surface area contributed by atoms with Crippen LogP contribution >= 0.6 is 35.3 Å². The molecule has 0 unspecified atom stereocenters. The van der Waals surface area contributed by atoms with Gasteiger partial charge in [0.2, 0.25) is 5.91 Å². The van der Waals surface area contributed by atoms with E-state index >= 15 is 0 Å². The number of hydrogen-bond acceptors (Lipinski definition) is 5. The first kappa shape index (κ1) is 19.8. The van der Waals surface area contributed by atoms with Crippen LogP contribution in [0.3, 0.4) is 0 Å². The van der Waals surface area contributed by atoms with Gasteiger partial charge in [0.15, 0.2) is 0 Å². The van der Waals surface area contributed by atoms with Gasteiger partial charge in [0, 0.05) is 24.4 Å². The third-order valence-electron chi connectivity index (χ3n) is 4.05. The number of rotatable bonds is 8. The number of carbonyl (C=O) groups excluding carboxylic acids is 2. The van der Waals surface area contributed by atoms with Crippen molar-refractivity contribution in [3.63, 3.8) is 0 Å². The maximum atomic E-state index is 12.5. The lowest BCUT2D eigenvalue weighted by molar-refractivity contribution is -0.123. The highest BCUT2D eigenvalue weighted by atomic mass is 32.2. The summed E-state index contributed by atoms with van der Waals surface area (Å²) in [4.78, 5) is 27.8. The molecule has 1 aliphatic rings. The monoisotopic (exact) mass is 416 g/mol. The van der Waals surface area contributed by atoms with Gasteiger partial charge in [0.1, 0.15) is 4.32 Å². The number of nitrogens with one attached hydrogen (secondary N) is 1. The first-order chi connectivity index (χ1) is 13.1. The molecular weight excluding hydrogens is 396 g/mol. The number of thioether (sulfide) groups is 1. The smallest absolute Gasteiger partial charge is 0.266 e. The van der Waals surface area contributed by atoms with Crippen LogP contribution in [0.4, 0.5) is 0 Å². The Hall–Kier alpha value is -1.96. The zero-order valence-corrected chi connectivity index (χ0v) is 17.2. The molecule has 0 radical (unpaired) electrons. The Morgan fingerprint density at radius 3 is 2.74 bits per heavy atom. The van der Waals surface area contributed by atoms with Gasteiger partial charge in [-0.2, -0.15) is 0 Å². The van der Waals surface area contributed by atoms with Crippen molar-refractivity contribution in [3.8, 4) is 0 Å². The van der Waals surface area contributed by atoms with E-state index in [1.165, 1.54) is 17.3 Å². The first-order valence-electron chi connectivity index (χ1n) is 8.73. The number of benzene rings is 1. The molecule has 1 aromatic carbocycles. The van der Waals surface area contributed by atoms with Gasteiger partial charge in [-0.1, -0.05) is 60.4 Å². The van der Waals surface area contributed by atoms with E-state index in [2.05, 4.69) is 5.32 Å². The Morgan fingerprint density at radius 1 is 1.19 bits per heavy atom. The molecule has 3 rings (SSSR count). The van der Waals surface area contributed by atoms with Crippen LogP contribution in [0, 0.1) is 0 Å². The minimum absolute atomic E-state index is 0.00509. The average Bonchev–Trinajstić information content (AvgIpc) is 3.26. The molecule has 0 bridgehead atoms. The lowest BCUT2D eigenvalue weighted by Gasteiger charge is -2.14. The summed E-state index contributed by atoms with van der Waals surface area (Å²) >= 11 is 8.23. The summed E-state index contributed by atoms with van der Waals surface area (Å²) in [5.74, 6) is -0.0617. The highest BCUT2D eigenvalue weighted by Crippen LogP contribution is 2.33. The molecule has 2 heterocycles. The largest absolute Gasteiger partial charge is 0.356 e. The predicted octanol–water partition coefficient (Wildman–Crippen LogP) is 4.09. The van der Waals surface area contributed by atoms with Gasteiger partial charge in [-0.3, -0.25) is 14.5 Å². The zero-order valence-electron chi connectivity index (χ0n) is 14.7. The third kappa shape index (κ3) is 5.76. The normalized spacial score (nSPS) is 15.6. The van der Waals surface area contributed by atoms with E-state index in [4.69, 9.17) is 12.2 Å². The molecule has 1 N–H and O–H groups in total. The minimum atomic E-state index is -0.0668. The van der Waals surface area contributed by atoms with Crippen molar-refractivity contribution in [1.82, 2.24) is 10.2 Å². The molecular formula is C20H20N2O2S3. The second kappa shape index (κ2) is 9.82. The molecule has 7 heteroatoms. The van der Waals surface area contributed by atoms with Crippen molar-refractivity contribution in [3.05, 3.63) is 63.2 Å². The van der Waals surface area contributed by atoms with Gasteiger partial charge in [0.05, 0.1) is 4.91 Å². The molecule has 2 aromatic rings. The number of hydrogen-bond donors (Lipinski definition) is 1. The standard InChI is InChI=1S/C20H20N2O2S3/c23-18(21-11-10-15-6-2-1-3-7-15)9-4-12-22-19(24)17(27-20(22)25)14-16-8-5-13-26-16/h1-3,5-8,13-14H,4,9-12H2,(H,21,23). The van der Waals surface area contributed by atoms with Crippen molar-refractivity contribution >= 4 is 57.5 Å². The summed E-state index contributed by atoms with van der Waals surface area (Å²) in [7, 11) is 0. The summed E-state index contributed by atoms with van der Waals surface area (Å²) in [5, 5.41) is 4.90. The highest BCUT2D eigenvalue weighted by Gasteiger charge is 2.31. The van der Waals surface area contributed by atoms with Gasteiger partial charge in [-0.05, 0) is 35.9 Å². The molecule has 1 aromatic heterocycles. The van der Waals surface area contributed by atoms with E-state index in [9.17, 15) is 9.59 Å². The maximum absolute atomic E-state index is 12.5. The highest BCUT2D eigenvalue weighted by molar-refractivity contribution is 8.26. The maximum Gasteiger partial charge on any atom is 0.266 e. The molecule has 140 valence electrons. The summed E-state index contributed by atoms with van der Waals surface area (Å²) in [6, 6.07) is 14.0. The average molecular weight is 417 g/mol. The second-order valence-electron chi connectivity index (χ2n) is 6.04. The van der Waals surface area contributed by atoms with Crippen molar-refractivity contribution in [1.29, 1.82) is 0 Å². The number of thiocarbonyl (C=S) groups is 1. The molecule has 0 aliphatic carbocycles. The third-order valence-corrected chi connectivity index (χ3v) is 6.25.